The highest BCUT2D eigenvalue weighted by atomic mass is 16.2. The first-order valence-corrected chi connectivity index (χ1v) is 9.77. The maximum atomic E-state index is 12.7. The van der Waals surface area contributed by atoms with Gasteiger partial charge in [0.05, 0.1) is 24.5 Å². The third-order valence-corrected chi connectivity index (χ3v) is 5.23. The number of rotatable bonds is 7. The smallest absolute Gasteiger partial charge is 0.274 e. The molecule has 2 fully saturated rings. The molecule has 144 valence electrons. The average Bonchev–Trinajstić information content (AvgIpc) is 3.42. The van der Waals surface area contributed by atoms with Gasteiger partial charge in [-0.15, -0.1) is 5.10 Å². The molecule has 0 radical (unpaired) electrons. The Balaban J connectivity index is 1.36. The number of pyridine rings is 1. The first kappa shape index (κ1) is 18.1. The van der Waals surface area contributed by atoms with Crippen LogP contribution in [0.1, 0.15) is 40.8 Å². The molecule has 4 rings (SSSR count). The summed E-state index contributed by atoms with van der Waals surface area (Å²) in [5.74, 6) is 0.287. The second-order valence-corrected chi connectivity index (χ2v) is 7.45. The van der Waals surface area contributed by atoms with Crippen molar-refractivity contribution in [1.82, 2.24) is 35.5 Å². The zero-order valence-electron chi connectivity index (χ0n) is 15.8. The van der Waals surface area contributed by atoms with Gasteiger partial charge in [0.15, 0.2) is 5.69 Å². The van der Waals surface area contributed by atoms with Crippen LogP contribution in [-0.2, 0) is 6.54 Å². The molecule has 1 amide bonds. The van der Waals surface area contributed by atoms with Gasteiger partial charge in [-0.3, -0.25) is 19.4 Å². The molecule has 27 heavy (non-hydrogen) atoms. The number of piperazine rings is 1. The van der Waals surface area contributed by atoms with Crippen LogP contribution in [0.2, 0.25) is 0 Å². The Morgan fingerprint density at radius 1 is 1.30 bits per heavy atom. The Morgan fingerprint density at radius 2 is 2.11 bits per heavy atom. The fourth-order valence-corrected chi connectivity index (χ4v) is 3.51. The molecule has 1 saturated carbocycles. The van der Waals surface area contributed by atoms with Crippen LogP contribution in [0.15, 0.2) is 24.4 Å². The largest absolute Gasteiger partial charge is 0.342 e. The predicted molar refractivity (Wildman–Crippen MR) is 101 cm³/mol. The van der Waals surface area contributed by atoms with Crippen molar-refractivity contribution in [2.24, 2.45) is 5.92 Å². The van der Waals surface area contributed by atoms with Crippen LogP contribution >= 0.6 is 0 Å². The van der Waals surface area contributed by atoms with E-state index in [9.17, 15) is 4.79 Å². The lowest BCUT2D eigenvalue weighted by molar-refractivity contribution is 0.0925. The van der Waals surface area contributed by atoms with E-state index in [1.807, 2.05) is 25.1 Å². The summed E-state index contributed by atoms with van der Waals surface area (Å²) in [5, 5.41) is 14.7. The van der Waals surface area contributed by atoms with Gasteiger partial charge in [-0.25, -0.2) is 0 Å². The third kappa shape index (κ3) is 4.70. The number of carbonyl (C=O) groups is 1. The van der Waals surface area contributed by atoms with Gasteiger partial charge in [-0.1, -0.05) is 11.3 Å². The van der Waals surface area contributed by atoms with Gasteiger partial charge in [0.1, 0.15) is 0 Å². The van der Waals surface area contributed by atoms with Gasteiger partial charge in [0.25, 0.3) is 5.91 Å². The lowest BCUT2D eigenvalue weighted by atomic mass is 10.1. The summed E-state index contributed by atoms with van der Waals surface area (Å²) in [4.78, 5) is 19.7. The van der Waals surface area contributed by atoms with Crippen LogP contribution < -0.4 is 10.6 Å². The van der Waals surface area contributed by atoms with E-state index < -0.39 is 0 Å². The summed E-state index contributed by atoms with van der Waals surface area (Å²) in [7, 11) is 0. The van der Waals surface area contributed by atoms with Crippen molar-refractivity contribution in [2.45, 2.75) is 32.4 Å². The summed E-state index contributed by atoms with van der Waals surface area (Å²) < 4.78 is 1.76. The molecular formula is C19H27N7O. The van der Waals surface area contributed by atoms with E-state index in [2.05, 4.69) is 30.8 Å². The van der Waals surface area contributed by atoms with Crippen molar-refractivity contribution >= 4 is 5.91 Å². The molecular weight excluding hydrogens is 342 g/mol. The molecule has 3 heterocycles. The number of aryl methyl sites for hydroxylation is 1. The van der Waals surface area contributed by atoms with Crippen LogP contribution in [0.5, 0.6) is 0 Å². The number of hydrogen-bond donors (Lipinski definition) is 2. The van der Waals surface area contributed by atoms with E-state index in [0.717, 1.165) is 63.5 Å². The number of carbonyl (C=O) groups excluding carboxylic acids is 1. The minimum atomic E-state index is -0.177. The Kier molecular flexibility index (Phi) is 5.45. The molecule has 2 N–H and O–H groups in total. The Morgan fingerprint density at radius 3 is 2.85 bits per heavy atom. The molecule has 2 aromatic rings. The highest BCUT2D eigenvalue weighted by molar-refractivity contribution is 5.92. The fourth-order valence-electron chi connectivity index (χ4n) is 3.51. The van der Waals surface area contributed by atoms with Crippen LogP contribution in [0.3, 0.4) is 0 Å². The maximum absolute atomic E-state index is 12.7. The standard InChI is InChI=1S/C19H27N7O/c1-14-3-2-4-16(21-14)18(15-5-6-15)22-19(27)17-13-26(24-23-17)12-11-25-9-7-20-8-10-25/h2-4,13,15,18,20H,5-12H2,1H3,(H,22,27)/t18-/m0/s1. The average molecular weight is 369 g/mol. The summed E-state index contributed by atoms with van der Waals surface area (Å²) in [6, 6.07) is 5.90. The van der Waals surface area contributed by atoms with E-state index in [-0.39, 0.29) is 11.9 Å². The van der Waals surface area contributed by atoms with E-state index >= 15 is 0 Å². The summed E-state index contributed by atoms with van der Waals surface area (Å²) >= 11 is 0. The van der Waals surface area contributed by atoms with Gasteiger partial charge < -0.3 is 10.6 Å². The minimum absolute atomic E-state index is 0.0524. The molecule has 2 aliphatic rings. The van der Waals surface area contributed by atoms with Crippen molar-refractivity contribution < 1.29 is 4.79 Å². The van der Waals surface area contributed by atoms with Gasteiger partial charge in [-0.05, 0) is 37.8 Å². The first-order valence-electron chi connectivity index (χ1n) is 9.77. The van der Waals surface area contributed by atoms with Crippen molar-refractivity contribution in [1.29, 1.82) is 0 Å². The van der Waals surface area contributed by atoms with Crippen LogP contribution in [0, 0.1) is 12.8 Å². The van der Waals surface area contributed by atoms with Crippen LogP contribution in [0.4, 0.5) is 0 Å². The molecule has 0 aromatic carbocycles. The zero-order valence-corrected chi connectivity index (χ0v) is 15.8. The number of nitrogens with one attached hydrogen (secondary N) is 2. The molecule has 0 unspecified atom stereocenters. The molecule has 1 saturated heterocycles. The van der Waals surface area contributed by atoms with E-state index in [0.29, 0.717) is 11.6 Å². The summed E-state index contributed by atoms with van der Waals surface area (Å²) in [6.45, 7) is 7.79. The zero-order chi connectivity index (χ0) is 18.6. The molecule has 1 aliphatic carbocycles. The van der Waals surface area contributed by atoms with Crippen molar-refractivity contribution in [3.05, 3.63) is 41.5 Å². The molecule has 8 nitrogen and oxygen atoms in total. The Bertz CT molecular complexity index is 780. The highest BCUT2D eigenvalue weighted by Crippen LogP contribution is 2.40. The van der Waals surface area contributed by atoms with E-state index in [4.69, 9.17) is 0 Å². The second-order valence-electron chi connectivity index (χ2n) is 7.45. The van der Waals surface area contributed by atoms with E-state index in [1.54, 1.807) is 10.9 Å². The normalized spacial score (nSPS) is 19.0. The summed E-state index contributed by atoms with van der Waals surface area (Å²) in [5.41, 5.74) is 2.26. The topological polar surface area (TPSA) is 88.0 Å². The predicted octanol–water partition coefficient (Wildman–Crippen LogP) is 0.768. The minimum Gasteiger partial charge on any atom is -0.342 e. The van der Waals surface area contributed by atoms with Gasteiger partial charge in [0, 0.05) is 38.4 Å². The molecule has 0 bridgehead atoms. The number of hydrogen-bond acceptors (Lipinski definition) is 6. The third-order valence-electron chi connectivity index (χ3n) is 5.23. The van der Waals surface area contributed by atoms with Crippen LogP contribution in [-0.4, -0.2) is 63.5 Å². The number of aromatic nitrogens is 4. The lowest BCUT2D eigenvalue weighted by Crippen LogP contribution is -2.44. The lowest BCUT2D eigenvalue weighted by Gasteiger charge is -2.26. The maximum Gasteiger partial charge on any atom is 0.274 e. The monoisotopic (exact) mass is 369 g/mol. The molecule has 1 atom stereocenters. The van der Waals surface area contributed by atoms with Crippen molar-refractivity contribution in [3.8, 4) is 0 Å². The van der Waals surface area contributed by atoms with Gasteiger partial charge in [0.2, 0.25) is 0 Å². The Hall–Kier alpha value is -2.32. The van der Waals surface area contributed by atoms with Gasteiger partial charge >= 0.3 is 0 Å². The number of nitrogens with zero attached hydrogens (tertiary/aromatic N) is 5. The molecule has 8 heteroatoms. The van der Waals surface area contributed by atoms with Crippen molar-refractivity contribution in [3.63, 3.8) is 0 Å². The Labute approximate surface area is 159 Å². The van der Waals surface area contributed by atoms with E-state index in [1.165, 1.54) is 0 Å². The molecule has 1 aliphatic heterocycles. The second kappa shape index (κ2) is 8.14. The first-order chi connectivity index (χ1) is 13.2. The molecule has 0 spiro atoms. The quantitative estimate of drug-likeness (QED) is 0.749. The van der Waals surface area contributed by atoms with Gasteiger partial charge in [-0.2, -0.15) is 0 Å². The SMILES string of the molecule is Cc1cccc([C@@H](NC(=O)c2cn(CCN3CCNCC3)nn2)C2CC2)n1. The molecule has 2 aromatic heterocycles. The highest BCUT2D eigenvalue weighted by Gasteiger charge is 2.35. The summed E-state index contributed by atoms with van der Waals surface area (Å²) in [6.07, 6.45) is 3.99. The van der Waals surface area contributed by atoms with Crippen LogP contribution in [0.25, 0.3) is 0 Å². The fraction of sp³-hybridized carbons (Fsp3) is 0.579. The number of amides is 1. The van der Waals surface area contributed by atoms with Crippen molar-refractivity contribution in [2.75, 3.05) is 32.7 Å².